The molecule has 0 bridgehead atoms. The zero-order chi connectivity index (χ0) is 14.5. The Hall–Kier alpha value is -1.30. The van der Waals surface area contributed by atoms with Gasteiger partial charge in [0.2, 0.25) is 0 Å². The number of rotatable bonds is 5. The minimum absolute atomic E-state index is 0.449. The lowest BCUT2D eigenvalue weighted by Crippen LogP contribution is -1.93. The summed E-state index contributed by atoms with van der Waals surface area (Å²) in [4.78, 5) is 9.19. The van der Waals surface area contributed by atoms with Crippen molar-refractivity contribution in [1.29, 1.82) is 0 Å². The van der Waals surface area contributed by atoms with Gasteiger partial charge in [0.15, 0.2) is 0 Å². The van der Waals surface area contributed by atoms with Crippen molar-refractivity contribution in [3.8, 4) is 0 Å². The second-order valence-corrected chi connectivity index (χ2v) is 5.88. The first-order valence-electron chi connectivity index (χ1n) is 5.63. The van der Waals surface area contributed by atoms with E-state index in [4.69, 9.17) is 11.6 Å². The molecule has 2 rings (SSSR count). The highest BCUT2D eigenvalue weighted by molar-refractivity contribution is 9.10. The molecule has 2 aromatic heterocycles. The smallest absolute Gasteiger partial charge is 0.144 e. The highest BCUT2D eigenvalue weighted by Gasteiger charge is 2.05. The molecule has 3 nitrogen and oxygen atoms in total. The van der Waals surface area contributed by atoms with Crippen LogP contribution in [0.3, 0.4) is 0 Å². The molecule has 0 aromatic carbocycles. The molecule has 0 fully saturated rings. The van der Waals surface area contributed by atoms with Gasteiger partial charge in [-0.25, -0.2) is 4.98 Å². The molecule has 0 atom stereocenters. The molecule has 0 aliphatic carbocycles. The van der Waals surface area contributed by atoms with Crippen LogP contribution in [0.1, 0.15) is 11.3 Å². The van der Waals surface area contributed by atoms with Crippen LogP contribution in [0.5, 0.6) is 0 Å². The summed E-state index contributed by atoms with van der Waals surface area (Å²) in [6.07, 6.45) is 6.83. The van der Waals surface area contributed by atoms with Crippen molar-refractivity contribution in [2.75, 3.05) is 4.72 Å². The number of nitrogens with one attached hydrogen (secondary N) is 1. The molecule has 0 spiro atoms. The van der Waals surface area contributed by atoms with Crippen molar-refractivity contribution in [3.63, 3.8) is 0 Å². The lowest BCUT2D eigenvalue weighted by Gasteiger charge is -2.08. The van der Waals surface area contributed by atoms with Gasteiger partial charge in [0.05, 0.1) is 22.5 Å². The topological polar surface area (TPSA) is 37.8 Å². The van der Waals surface area contributed by atoms with Gasteiger partial charge >= 0.3 is 0 Å². The first-order valence-corrected chi connectivity index (χ1v) is 7.61. The van der Waals surface area contributed by atoms with Crippen LogP contribution in [0, 0.1) is 0 Å². The second kappa shape index (κ2) is 6.92. The van der Waals surface area contributed by atoms with Crippen LogP contribution < -0.4 is 4.72 Å². The number of aromatic nitrogens is 2. The third kappa shape index (κ3) is 3.62. The van der Waals surface area contributed by atoms with Crippen LogP contribution >= 0.6 is 39.5 Å². The number of halogens is 2. The minimum atomic E-state index is 0.449. The predicted molar refractivity (Wildman–Crippen MR) is 90.8 cm³/mol. The molecule has 0 saturated carbocycles. The highest BCUT2D eigenvalue weighted by atomic mass is 79.9. The predicted octanol–water partition coefficient (Wildman–Crippen LogP) is 5.30. The molecule has 0 aliphatic heterocycles. The second-order valence-electron chi connectivity index (χ2n) is 3.75. The van der Waals surface area contributed by atoms with Gasteiger partial charge < -0.3 is 4.72 Å². The number of pyridine rings is 2. The fourth-order valence-corrected chi connectivity index (χ4v) is 2.84. The molecular formula is C14H11BrClN3S. The summed E-state index contributed by atoms with van der Waals surface area (Å²) in [6.45, 7) is 7.48. The molecule has 0 saturated heterocycles. The van der Waals surface area contributed by atoms with E-state index in [0.717, 1.165) is 26.3 Å². The van der Waals surface area contributed by atoms with Crippen LogP contribution in [0.4, 0.5) is 5.69 Å². The van der Waals surface area contributed by atoms with Crippen LogP contribution in [0.15, 0.2) is 47.1 Å². The fraction of sp³-hybridized carbons (Fsp3) is 0. The van der Waals surface area contributed by atoms with Crippen LogP contribution in [0.25, 0.3) is 12.2 Å². The summed E-state index contributed by atoms with van der Waals surface area (Å²) in [5.74, 6) is 0. The van der Waals surface area contributed by atoms with E-state index in [1.54, 1.807) is 24.5 Å². The van der Waals surface area contributed by atoms with Crippen LogP contribution in [0.2, 0.25) is 5.15 Å². The molecule has 0 aliphatic rings. The van der Waals surface area contributed by atoms with E-state index in [-0.39, 0.29) is 0 Å². The Labute approximate surface area is 135 Å². The number of hydrogen-bond donors (Lipinski definition) is 1. The highest BCUT2D eigenvalue weighted by Crippen LogP contribution is 2.29. The average Bonchev–Trinajstić information content (AvgIpc) is 2.47. The van der Waals surface area contributed by atoms with Crippen molar-refractivity contribution in [1.82, 2.24) is 9.97 Å². The van der Waals surface area contributed by atoms with E-state index in [1.165, 1.54) is 11.9 Å². The lowest BCUT2D eigenvalue weighted by molar-refractivity contribution is 1.22. The number of nitrogens with zero attached hydrogens (tertiary/aromatic N) is 2. The van der Waals surface area contributed by atoms with E-state index in [9.17, 15) is 0 Å². The summed E-state index contributed by atoms with van der Waals surface area (Å²) in [5.41, 5.74) is 2.58. The molecular weight excluding hydrogens is 358 g/mol. The Bertz CT molecular complexity index is 661. The average molecular weight is 369 g/mol. The Kier molecular flexibility index (Phi) is 5.23. The normalized spacial score (nSPS) is 10.1. The molecule has 0 radical (unpaired) electrons. The SMILES string of the molecule is C=Cc1cc(NSc2cc(Br)cnc2Cl)cnc1C=C. The maximum atomic E-state index is 6.03. The van der Waals surface area contributed by atoms with Gasteiger partial charge in [0.25, 0.3) is 0 Å². The molecule has 102 valence electrons. The summed E-state index contributed by atoms with van der Waals surface area (Å²) in [7, 11) is 0. The third-order valence-corrected chi connectivity index (χ3v) is 4.13. The first-order chi connectivity index (χ1) is 9.63. The van der Waals surface area contributed by atoms with Crippen molar-refractivity contribution in [3.05, 3.63) is 58.6 Å². The van der Waals surface area contributed by atoms with Gasteiger partial charge in [0, 0.05) is 16.2 Å². The van der Waals surface area contributed by atoms with Crippen molar-refractivity contribution in [2.24, 2.45) is 0 Å². The fourth-order valence-electron chi connectivity index (χ4n) is 1.47. The molecule has 6 heteroatoms. The summed E-state index contributed by atoms with van der Waals surface area (Å²) >= 11 is 10.8. The maximum absolute atomic E-state index is 6.03. The summed E-state index contributed by atoms with van der Waals surface area (Å²) < 4.78 is 4.06. The molecule has 0 unspecified atom stereocenters. The zero-order valence-electron chi connectivity index (χ0n) is 10.4. The minimum Gasteiger partial charge on any atom is -0.324 e. The van der Waals surface area contributed by atoms with Gasteiger partial charge in [-0.1, -0.05) is 30.8 Å². The van der Waals surface area contributed by atoms with E-state index >= 15 is 0 Å². The molecule has 20 heavy (non-hydrogen) atoms. The number of anilines is 1. The van der Waals surface area contributed by atoms with Gasteiger partial charge in [0.1, 0.15) is 5.15 Å². The number of hydrogen-bond acceptors (Lipinski definition) is 4. The monoisotopic (exact) mass is 367 g/mol. The summed E-state index contributed by atoms with van der Waals surface area (Å²) in [6, 6.07) is 3.84. The van der Waals surface area contributed by atoms with E-state index in [1.807, 2.05) is 12.1 Å². The largest absolute Gasteiger partial charge is 0.324 e. The van der Waals surface area contributed by atoms with E-state index < -0.39 is 0 Å². The Balaban J connectivity index is 2.16. The Morgan fingerprint density at radius 3 is 2.70 bits per heavy atom. The van der Waals surface area contributed by atoms with Gasteiger partial charge in [-0.05, 0) is 46.1 Å². The van der Waals surface area contributed by atoms with Crippen molar-refractivity contribution in [2.45, 2.75) is 4.90 Å². The Morgan fingerprint density at radius 2 is 2.00 bits per heavy atom. The maximum Gasteiger partial charge on any atom is 0.144 e. The van der Waals surface area contributed by atoms with Crippen LogP contribution in [-0.4, -0.2) is 9.97 Å². The summed E-state index contributed by atoms with van der Waals surface area (Å²) in [5, 5.41) is 0.449. The molecule has 0 amide bonds. The van der Waals surface area contributed by atoms with E-state index in [2.05, 4.69) is 43.8 Å². The van der Waals surface area contributed by atoms with Gasteiger partial charge in [-0.2, -0.15) is 0 Å². The molecule has 2 aromatic rings. The first kappa shape index (κ1) is 15.1. The lowest BCUT2D eigenvalue weighted by atomic mass is 10.2. The zero-order valence-corrected chi connectivity index (χ0v) is 13.6. The Morgan fingerprint density at radius 1 is 1.20 bits per heavy atom. The van der Waals surface area contributed by atoms with Crippen molar-refractivity contribution < 1.29 is 0 Å². The quantitative estimate of drug-likeness (QED) is 0.574. The third-order valence-electron chi connectivity index (χ3n) is 2.42. The van der Waals surface area contributed by atoms with Gasteiger partial charge in [-0.15, -0.1) is 0 Å². The molecule has 2 heterocycles. The van der Waals surface area contributed by atoms with Crippen molar-refractivity contribution >= 4 is 57.3 Å². The van der Waals surface area contributed by atoms with Gasteiger partial charge in [-0.3, -0.25) is 4.98 Å². The van der Waals surface area contributed by atoms with Crippen LogP contribution in [-0.2, 0) is 0 Å². The van der Waals surface area contributed by atoms with E-state index in [0.29, 0.717) is 5.15 Å². The molecule has 1 N–H and O–H groups in total. The standard InChI is InChI=1S/C14H11BrClN3S/c1-3-9-5-11(8-17-12(9)4-2)19-20-13-6-10(15)7-18-14(13)16/h3-8,19H,1-2H2.